The zero-order valence-electron chi connectivity index (χ0n) is 8.02. The summed E-state index contributed by atoms with van der Waals surface area (Å²) in [5, 5.41) is 1.03. The highest BCUT2D eigenvalue weighted by Crippen LogP contribution is 2.25. The Bertz CT molecular complexity index is 657. The van der Waals surface area contributed by atoms with Gasteiger partial charge in [-0.3, -0.25) is 4.40 Å². The Hall–Kier alpha value is -1.45. The van der Waals surface area contributed by atoms with Crippen LogP contribution in [0.25, 0.3) is 17.1 Å². The van der Waals surface area contributed by atoms with Crippen molar-refractivity contribution in [3.63, 3.8) is 0 Å². The third kappa shape index (κ3) is 1.49. The van der Waals surface area contributed by atoms with E-state index in [-0.39, 0.29) is 0 Å². The second-order valence-corrected chi connectivity index (χ2v) is 4.13. The molecule has 0 aliphatic carbocycles. The second kappa shape index (κ2) is 3.54. The van der Waals surface area contributed by atoms with Gasteiger partial charge in [-0.25, -0.2) is 4.98 Å². The molecule has 0 radical (unpaired) electrons. The molecule has 0 spiro atoms. The average molecular weight is 253 g/mol. The lowest BCUT2D eigenvalue weighted by Crippen LogP contribution is -1.86. The molecule has 3 aromatic rings. The first-order valence-corrected chi connectivity index (χ1v) is 5.38. The summed E-state index contributed by atoms with van der Waals surface area (Å²) in [7, 11) is 0. The number of nitrogens with zero attached hydrogens (tertiary/aromatic N) is 2. The molecule has 0 saturated heterocycles. The van der Waals surface area contributed by atoms with Crippen molar-refractivity contribution in [3.8, 4) is 11.6 Å². The Morgan fingerprint density at radius 2 is 2.06 bits per heavy atom. The Labute approximate surface area is 101 Å². The van der Waals surface area contributed by atoms with Crippen LogP contribution >= 0.6 is 23.2 Å². The normalized spacial score (nSPS) is 11.1. The van der Waals surface area contributed by atoms with Crippen LogP contribution in [-0.2, 0) is 0 Å². The first-order valence-electron chi connectivity index (χ1n) is 4.62. The van der Waals surface area contributed by atoms with E-state index in [1.54, 1.807) is 24.4 Å². The lowest BCUT2D eigenvalue weighted by atomic mass is 10.4. The number of hydrogen-bond acceptors (Lipinski definition) is 2. The fourth-order valence-electron chi connectivity index (χ4n) is 1.59. The zero-order valence-corrected chi connectivity index (χ0v) is 9.53. The van der Waals surface area contributed by atoms with Gasteiger partial charge in [0.2, 0.25) is 0 Å². The molecule has 3 rings (SSSR count). The molecule has 16 heavy (non-hydrogen) atoms. The summed E-state index contributed by atoms with van der Waals surface area (Å²) >= 11 is 11.6. The van der Waals surface area contributed by atoms with Crippen molar-refractivity contribution >= 4 is 28.7 Å². The molecular formula is C11H6Cl2N2O. The predicted molar refractivity (Wildman–Crippen MR) is 62.9 cm³/mol. The fraction of sp³-hybridized carbons (Fsp3) is 0. The molecule has 3 aromatic heterocycles. The largest absolute Gasteiger partial charge is 0.441 e. The summed E-state index contributed by atoms with van der Waals surface area (Å²) in [6.07, 6.45) is 3.58. The van der Waals surface area contributed by atoms with Gasteiger partial charge >= 0.3 is 0 Å². The number of hydrogen-bond donors (Lipinski definition) is 0. The van der Waals surface area contributed by atoms with Gasteiger partial charge in [0.05, 0.1) is 11.7 Å². The minimum Gasteiger partial charge on any atom is -0.441 e. The Kier molecular flexibility index (Phi) is 2.16. The minimum absolute atomic E-state index is 0.348. The molecule has 5 heteroatoms. The maximum Gasteiger partial charge on any atom is 0.194 e. The predicted octanol–water partition coefficient (Wildman–Crippen LogP) is 3.90. The van der Waals surface area contributed by atoms with Crippen molar-refractivity contribution in [2.45, 2.75) is 0 Å². The van der Waals surface area contributed by atoms with Gasteiger partial charge in [0.15, 0.2) is 16.8 Å². The molecule has 0 unspecified atom stereocenters. The first-order chi connectivity index (χ1) is 7.74. The van der Waals surface area contributed by atoms with Gasteiger partial charge in [-0.15, -0.1) is 0 Å². The van der Waals surface area contributed by atoms with Crippen LogP contribution in [0.1, 0.15) is 0 Å². The number of pyridine rings is 1. The summed E-state index contributed by atoms with van der Waals surface area (Å²) in [5.74, 6) is 1.34. The Balaban J connectivity index is 2.25. The molecule has 0 aliphatic rings. The number of halogens is 2. The van der Waals surface area contributed by atoms with E-state index in [1.807, 2.05) is 16.7 Å². The molecule has 0 aromatic carbocycles. The topological polar surface area (TPSA) is 30.4 Å². The van der Waals surface area contributed by atoms with Gasteiger partial charge < -0.3 is 4.42 Å². The highest BCUT2D eigenvalue weighted by atomic mass is 35.5. The molecule has 3 heterocycles. The zero-order chi connectivity index (χ0) is 11.1. The monoisotopic (exact) mass is 252 g/mol. The number of fused-ring (bicyclic) bond motifs is 1. The summed E-state index contributed by atoms with van der Waals surface area (Å²) < 4.78 is 7.21. The van der Waals surface area contributed by atoms with E-state index in [0.717, 1.165) is 5.52 Å². The smallest absolute Gasteiger partial charge is 0.194 e. The van der Waals surface area contributed by atoms with Crippen LogP contribution in [0, 0.1) is 0 Å². The van der Waals surface area contributed by atoms with Gasteiger partial charge in [-0.05, 0) is 35.9 Å². The number of furan rings is 1. The molecule has 0 amide bonds. The van der Waals surface area contributed by atoms with Crippen molar-refractivity contribution in [1.29, 1.82) is 0 Å². The van der Waals surface area contributed by atoms with Crippen LogP contribution in [0.15, 0.2) is 41.1 Å². The Morgan fingerprint density at radius 3 is 2.81 bits per heavy atom. The number of rotatable bonds is 1. The van der Waals surface area contributed by atoms with Gasteiger partial charge in [0.1, 0.15) is 0 Å². The van der Waals surface area contributed by atoms with Crippen molar-refractivity contribution < 1.29 is 4.42 Å². The minimum atomic E-state index is 0.348. The SMILES string of the molecule is Clc1ccn2c(-c3ccc(Cl)o3)ncc2c1. The standard InChI is InChI=1S/C11H6Cl2N2O/c12-7-3-4-15-8(5-7)6-14-11(15)9-1-2-10(13)16-9/h1-6H. The van der Waals surface area contributed by atoms with E-state index in [2.05, 4.69) is 4.98 Å². The number of imidazole rings is 1. The van der Waals surface area contributed by atoms with E-state index in [9.17, 15) is 0 Å². The lowest BCUT2D eigenvalue weighted by Gasteiger charge is -1.98. The lowest BCUT2D eigenvalue weighted by molar-refractivity contribution is 0.579. The molecule has 0 bridgehead atoms. The third-order valence-corrected chi connectivity index (χ3v) is 2.73. The molecule has 0 fully saturated rings. The van der Waals surface area contributed by atoms with E-state index in [4.69, 9.17) is 27.6 Å². The van der Waals surface area contributed by atoms with Crippen LogP contribution in [0.3, 0.4) is 0 Å². The summed E-state index contributed by atoms with van der Waals surface area (Å²) in [4.78, 5) is 4.27. The van der Waals surface area contributed by atoms with Crippen molar-refractivity contribution in [1.82, 2.24) is 9.38 Å². The van der Waals surface area contributed by atoms with E-state index in [0.29, 0.717) is 21.8 Å². The van der Waals surface area contributed by atoms with E-state index < -0.39 is 0 Å². The molecule has 0 N–H and O–H groups in total. The highest BCUT2D eigenvalue weighted by molar-refractivity contribution is 6.30. The highest BCUT2D eigenvalue weighted by Gasteiger charge is 2.10. The van der Waals surface area contributed by atoms with Gasteiger partial charge in [-0.1, -0.05) is 11.6 Å². The van der Waals surface area contributed by atoms with Crippen LogP contribution < -0.4 is 0 Å². The van der Waals surface area contributed by atoms with Crippen LogP contribution in [-0.4, -0.2) is 9.38 Å². The summed E-state index contributed by atoms with van der Waals surface area (Å²) in [6, 6.07) is 7.10. The number of aromatic nitrogens is 2. The van der Waals surface area contributed by atoms with Crippen LogP contribution in [0.4, 0.5) is 0 Å². The van der Waals surface area contributed by atoms with E-state index >= 15 is 0 Å². The van der Waals surface area contributed by atoms with Gasteiger partial charge in [0.25, 0.3) is 0 Å². The second-order valence-electron chi connectivity index (χ2n) is 3.33. The maximum absolute atomic E-state index is 5.89. The van der Waals surface area contributed by atoms with Crippen molar-refractivity contribution in [2.24, 2.45) is 0 Å². The Morgan fingerprint density at radius 1 is 1.19 bits per heavy atom. The molecular weight excluding hydrogens is 247 g/mol. The van der Waals surface area contributed by atoms with Crippen molar-refractivity contribution in [3.05, 3.63) is 46.9 Å². The van der Waals surface area contributed by atoms with Gasteiger partial charge in [-0.2, -0.15) is 0 Å². The third-order valence-electron chi connectivity index (χ3n) is 2.29. The maximum atomic E-state index is 5.89. The summed E-state index contributed by atoms with van der Waals surface area (Å²) in [6.45, 7) is 0. The molecule has 80 valence electrons. The molecule has 0 aliphatic heterocycles. The van der Waals surface area contributed by atoms with Crippen molar-refractivity contribution in [2.75, 3.05) is 0 Å². The fourth-order valence-corrected chi connectivity index (χ4v) is 1.90. The van der Waals surface area contributed by atoms with Gasteiger partial charge in [0, 0.05) is 11.2 Å². The summed E-state index contributed by atoms with van der Waals surface area (Å²) in [5.41, 5.74) is 0.912. The van der Waals surface area contributed by atoms with Crippen LogP contribution in [0.5, 0.6) is 0 Å². The van der Waals surface area contributed by atoms with E-state index in [1.165, 1.54) is 0 Å². The van der Waals surface area contributed by atoms with Crippen LogP contribution in [0.2, 0.25) is 10.2 Å². The average Bonchev–Trinajstić information content (AvgIpc) is 2.83. The molecule has 0 atom stereocenters. The molecule has 0 saturated carbocycles. The first kappa shape index (κ1) is 9.75. The molecule has 3 nitrogen and oxygen atoms in total. The quantitative estimate of drug-likeness (QED) is 0.658.